The lowest BCUT2D eigenvalue weighted by molar-refractivity contribution is -0.384. The summed E-state index contributed by atoms with van der Waals surface area (Å²) < 4.78 is 4.96. The molecule has 1 aliphatic heterocycles. The molecule has 0 aliphatic carbocycles. The SMILES string of the molecule is COCCCNC(=O)C1CCN(C(C)C(=O)Nc2cc([N+](=O)[O-])ccc2Cl)CC1. The number of nitro benzene ring substituents is 1. The van der Waals surface area contributed by atoms with Crippen LogP contribution in [0.25, 0.3) is 0 Å². The number of ether oxygens (including phenoxy) is 1. The normalized spacial score (nSPS) is 16.2. The highest BCUT2D eigenvalue weighted by Gasteiger charge is 2.30. The summed E-state index contributed by atoms with van der Waals surface area (Å²) in [4.78, 5) is 37.2. The quantitative estimate of drug-likeness (QED) is 0.356. The van der Waals surface area contributed by atoms with Gasteiger partial charge in [-0.2, -0.15) is 0 Å². The van der Waals surface area contributed by atoms with Crippen LogP contribution in [-0.2, 0) is 14.3 Å². The standard InChI is InChI=1S/C19H27ClN4O5/c1-13(18(25)22-17-12-15(24(27)28)4-5-16(17)20)23-9-6-14(7-10-23)19(26)21-8-3-11-29-2/h4-5,12-14H,3,6-11H2,1-2H3,(H,21,26)(H,22,25). The Morgan fingerprint density at radius 3 is 2.69 bits per heavy atom. The van der Waals surface area contributed by atoms with Gasteiger partial charge in [-0.25, -0.2) is 0 Å². The first-order chi connectivity index (χ1) is 13.8. The number of rotatable bonds is 9. The molecule has 2 N–H and O–H groups in total. The van der Waals surface area contributed by atoms with E-state index < -0.39 is 11.0 Å². The predicted octanol–water partition coefficient (Wildman–Crippen LogP) is 2.44. The summed E-state index contributed by atoms with van der Waals surface area (Å²) in [5.41, 5.74) is 0.0673. The van der Waals surface area contributed by atoms with E-state index in [1.807, 2.05) is 4.90 Å². The zero-order chi connectivity index (χ0) is 21.4. The fourth-order valence-corrected chi connectivity index (χ4v) is 3.41. The molecule has 29 heavy (non-hydrogen) atoms. The molecule has 1 unspecified atom stereocenters. The zero-order valence-corrected chi connectivity index (χ0v) is 17.4. The van der Waals surface area contributed by atoms with Gasteiger partial charge in [-0.15, -0.1) is 0 Å². The molecule has 1 aromatic rings. The number of piperidine rings is 1. The molecule has 1 saturated heterocycles. The first-order valence-corrected chi connectivity index (χ1v) is 9.96. The number of methoxy groups -OCH3 is 1. The van der Waals surface area contributed by atoms with Crippen molar-refractivity contribution in [2.45, 2.75) is 32.2 Å². The van der Waals surface area contributed by atoms with Gasteiger partial charge in [-0.3, -0.25) is 24.6 Å². The van der Waals surface area contributed by atoms with Gasteiger partial charge in [-0.05, 0) is 45.3 Å². The molecule has 1 heterocycles. The van der Waals surface area contributed by atoms with Crippen molar-refractivity contribution in [1.29, 1.82) is 0 Å². The Kier molecular flexibility index (Phi) is 8.81. The summed E-state index contributed by atoms with van der Waals surface area (Å²) >= 11 is 6.05. The highest BCUT2D eigenvalue weighted by atomic mass is 35.5. The van der Waals surface area contributed by atoms with E-state index in [1.54, 1.807) is 14.0 Å². The van der Waals surface area contributed by atoms with E-state index in [4.69, 9.17) is 16.3 Å². The molecule has 0 aromatic heterocycles. The third-order valence-corrected chi connectivity index (χ3v) is 5.40. The maximum absolute atomic E-state index is 12.6. The largest absolute Gasteiger partial charge is 0.385 e. The number of carbonyl (C=O) groups excluding carboxylic acids is 2. The van der Waals surface area contributed by atoms with Crippen molar-refractivity contribution in [2.24, 2.45) is 5.92 Å². The minimum absolute atomic E-state index is 0.0428. The summed E-state index contributed by atoms with van der Waals surface area (Å²) in [6.45, 7) is 4.21. The molecular weight excluding hydrogens is 400 g/mol. The highest BCUT2D eigenvalue weighted by Crippen LogP contribution is 2.27. The molecule has 0 radical (unpaired) electrons. The van der Waals surface area contributed by atoms with Crippen LogP contribution in [0.3, 0.4) is 0 Å². The van der Waals surface area contributed by atoms with Crippen molar-refractivity contribution in [3.8, 4) is 0 Å². The number of nitro groups is 1. The van der Waals surface area contributed by atoms with Crippen LogP contribution in [0.4, 0.5) is 11.4 Å². The van der Waals surface area contributed by atoms with E-state index in [2.05, 4.69) is 10.6 Å². The lowest BCUT2D eigenvalue weighted by Gasteiger charge is -2.34. The summed E-state index contributed by atoms with van der Waals surface area (Å²) in [7, 11) is 1.63. The number of anilines is 1. The fourth-order valence-electron chi connectivity index (χ4n) is 3.25. The molecular formula is C19H27ClN4O5. The van der Waals surface area contributed by atoms with Gasteiger partial charge in [0.05, 0.1) is 21.7 Å². The molecule has 9 nitrogen and oxygen atoms in total. The summed E-state index contributed by atoms with van der Waals surface area (Å²) in [5, 5.41) is 16.7. The van der Waals surface area contributed by atoms with Crippen LogP contribution < -0.4 is 10.6 Å². The van der Waals surface area contributed by atoms with Crippen LogP contribution in [0.5, 0.6) is 0 Å². The van der Waals surface area contributed by atoms with E-state index in [-0.39, 0.29) is 34.1 Å². The van der Waals surface area contributed by atoms with Gasteiger partial charge in [0, 0.05) is 38.3 Å². The van der Waals surface area contributed by atoms with E-state index in [0.29, 0.717) is 39.1 Å². The van der Waals surface area contributed by atoms with Gasteiger partial charge in [0.15, 0.2) is 0 Å². The number of hydrogen-bond acceptors (Lipinski definition) is 6. The lowest BCUT2D eigenvalue weighted by atomic mass is 9.95. The number of hydrogen-bond donors (Lipinski definition) is 2. The topological polar surface area (TPSA) is 114 Å². The molecule has 1 atom stereocenters. The van der Waals surface area contributed by atoms with Crippen LogP contribution >= 0.6 is 11.6 Å². The van der Waals surface area contributed by atoms with Crippen molar-refractivity contribution in [3.63, 3.8) is 0 Å². The Morgan fingerprint density at radius 2 is 2.07 bits per heavy atom. The maximum Gasteiger partial charge on any atom is 0.271 e. The monoisotopic (exact) mass is 426 g/mol. The summed E-state index contributed by atoms with van der Waals surface area (Å²) in [5.74, 6) is -0.314. The van der Waals surface area contributed by atoms with Crippen LogP contribution in [0.15, 0.2) is 18.2 Å². The zero-order valence-electron chi connectivity index (χ0n) is 16.7. The van der Waals surface area contributed by atoms with E-state index in [0.717, 1.165) is 6.42 Å². The molecule has 10 heteroatoms. The number of benzene rings is 1. The van der Waals surface area contributed by atoms with E-state index >= 15 is 0 Å². The summed E-state index contributed by atoms with van der Waals surface area (Å²) in [6, 6.07) is 3.46. The Labute approximate surface area is 174 Å². The summed E-state index contributed by atoms with van der Waals surface area (Å²) in [6.07, 6.45) is 2.12. The first kappa shape index (κ1) is 23.1. The van der Waals surface area contributed by atoms with Gasteiger partial charge in [0.1, 0.15) is 0 Å². The minimum atomic E-state index is -0.541. The predicted molar refractivity (Wildman–Crippen MR) is 110 cm³/mol. The maximum atomic E-state index is 12.6. The second-order valence-electron chi connectivity index (χ2n) is 7.03. The van der Waals surface area contributed by atoms with Crippen molar-refractivity contribution < 1.29 is 19.2 Å². The van der Waals surface area contributed by atoms with E-state index in [1.165, 1.54) is 18.2 Å². The number of amides is 2. The minimum Gasteiger partial charge on any atom is -0.385 e. The molecule has 1 fully saturated rings. The highest BCUT2D eigenvalue weighted by molar-refractivity contribution is 6.33. The molecule has 0 bridgehead atoms. The Bertz CT molecular complexity index is 737. The first-order valence-electron chi connectivity index (χ1n) is 9.59. The van der Waals surface area contributed by atoms with Crippen LogP contribution in [0, 0.1) is 16.0 Å². The smallest absolute Gasteiger partial charge is 0.271 e. The average Bonchev–Trinajstić information content (AvgIpc) is 2.72. The molecule has 1 aromatic carbocycles. The Hall–Kier alpha value is -2.23. The van der Waals surface area contributed by atoms with Crippen molar-refractivity contribution in [3.05, 3.63) is 33.3 Å². The number of likely N-dealkylation sites (tertiary alicyclic amines) is 1. The molecule has 0 spiro atoms. The third kappa shape index (κ3) is 6.66. The fraction of sp³-hybridized carbons (Fsp3) is 0.579. The molecule has 2 rings (SSSR count). The van der Waals surface area contributed by atoms with Gasteiger partial charge >= 0.3 is 0 Å². The van der Waals surface area contributed by atoms with Crippen LogP contribution in [-0.4, -0.2) is 61.0 Å². The number of carbonyl (C=O) groups is 2. The lowest BCUT2D eigenvalue weighted by Crippen LogP contribution is -2.48. The molecule has 2 amide bonds. The second-order valence-corrected chi connectivity index (χ2v) is 7.44. The molecule has 160 valence electrons. The van der Waals surface area contributed by atoms with Gasteiger partial charge in [0.2, 0.25) is 11.8 Å². The Morgan fingerprint density at radius 1 is 1.38 bits per heavy atom. The van der Waals surface area contributed by atoms with Crippen LogP contribution in [0.1, 0.15) is 26.2 Å². The van der Waals surface area contributed by atoms with Crippen molar-refractivity contribution in [1.82, 2.24) is 10.2 Å². The average molecular weight is 427 g/mol. The van der Waals surface area contributed by atoms with Crippen molar-refractivity contribution in [2.75, 3.05) is 38.7 Å². The van der Waals surface area contributed by atoms with Gasteiger partial charge in [0.25, 0.3) is 5.69 Å². The molecule has 0 saturated carbocycles. The number of nitrogens with zero attached hydrogens (tertiary/aromatic N) is 2. The second kappa shape index (κ2) is 11.1. The van der Waals surface area contributed by atoms with Gasteiger partial charge < -0.3 is 15.4 Å². The number of nitrogens with one attached hydrogen (secondary N) is 2. The Balaban J connectivity index is 1.85. The number of halogens is 1. The van der Waals surface area contributed by atoms with E-state index in [9.17, 15) is 19.7 Å². The van der Waals surface area contributed by atoms with Crippen LogP contribution in [0.2, 0.25) is 5.02 Å². The molecule has 1 aliphatic rings. The van der Waals surface area contributed by atoms with Crippen molar-refractivity contribution >= 4 is 34.8 Å². The number of non-ortho nitro benzene ring substituents is 1. The third-order valence-electron chi connectivity index (χ3n) is 5.07. The van der Waals surface area contributed by atoms with Gasteiger partial charge in [-0.1, -0.05) is 11.6 Å².